The number of aromatic carboxylic acids is 1. The van der Waals surface area contributed by atoms with Gasteiger partial charge in [-0.15, -0.1) is 11.8 Å². The van der Waals surface area contributed by atoms with Gasteiger partial charge in [-0.1, -0.05) is 6.07 Å². The molecule has 0 fully saturated rings. The standard InChI is InChI=1S/C11H13F2NO3S/c1-18-8-4-2-3-7(9(8)10(16)17)14-5-11(12,13)6-15/h2-4,14-15H,5-6H2,1H3,(H,16,17). The molecule has 7 heteroatoms. The molecule has 4 nitrogen and oxygen atoms in total. The Morgan fingerprint density at radius 3 is 2.67 bits per heavy atom. The molecule has 3 N–H and O–H groups in total. The summed E-state index contributed by atoms with van der Waals surface area (Å²) in [7, 11) is 0. The number of carboxylic acid groups (broad SMARTS) is 1. The highest BCUT2D eigenvalue weighted by Gasteiger charge is 2.28. The zero-order chi connectivity index (χ0) is 13.8. The number of nitrogens with one attached hydrogen (secondary N) is 1. The molecule has 0 saturated carbocycles. The zero-order valence-corrected chi connectivity index (χ0v) is 10.4. The summed E-state index contributed by atoms with van der Waals surface area (Å²) in [5, 5.41) is 19.9. The summed E-state index contributed by atoms with van der Waals surface area (Å²) in [5.74, 6) is -4.47. The third kappa shape index (κ3) is 3.58. The topological polar surface area (TPSA) is 69.6 Å². The maximum Gasteiger partial charge on any atom is 0.338 e. The van der Waals surface area contributed by atoms with Gasteiger partial charge in [-0.3, -0.25) is 0 Å². The van der Waals surface area contributed by atoms with E-state index in [1.807, 2.05) is 0 Å². The Bertz CT molecular complexity index is 440. The minimum absolute atomic E-state index is 0.0428. The van der Waals surface area contributed by atoms with Crippen molar-refractivity contribution in [2.75, 3.05) is 24.7 Å². The molecule has 0 radical (unpaired) electrons. The predicted molar refractivity (Wildman–Crippen MR) is 65.7 cm³/mol. The minimum atomic E-state index is -3.29. The molecule has 0 unspecified atom stereocenters. The lowest BCUT2D eigenvalue weighted by Gasteiger charge is -2.17. The highest BCUT2D eigenvalue weighted by molar-refractivity contribution is 7.98. The molecule has 0 atom stereocenters. The number of alkyl halides is 2. The smallest absolute Gasteiger partial charge is 0.338 e. The highest BCUT2D eigenvalue weighted by Crippen LogP contribution is 2.27. The predicted octanol–water partition coefficient (Wildman–Crippen LogP) is 2.15. The third-order valence-corrected chi connectivity index (χ3v) is 3.01. The number of aliphatic hydroxyl groups excluding tert-OH is 1. The van der Waals surface area contributed by atoms with E-state index in [1.54, 1.807) is 18.4 Å². The first kappa shape index (κ1) is 14.7. The van der Waals surface area contributed by atoms with Crippen LogP contribution in [0.25, 0.3) is 0 Å². The number of hydrogen-bond acceptors (Lipinski definition) is 4. The average molecular weight is 277 g/mol. The lowest BCUT2D eigenvalue weighted by atomic mass is 10.1. The summed E-state index contributed by atoms with van der Waals surface area (Å²) < 4.78 is 25.8. The van der Waals surface area contributed by atoms with Gasteiger partial charge in [0.2, 0.25) is 0 Å². The number of rotatable bonds is 6. The zero-order valence-electron chi connectivity index (χ0n) is 9.61. The summed E-state index contributed by atoms with van der Waals surface area (Å²) in [5.41, 5.74) is 0.0706. The van der Waals surface area contributed by atoms with Crippen LogP contribution in [-0.4, -0.2) is 41.5 Å². The quantitative estimate of drug-likeness (QED) is 0.695. The minimum Gasteiger partial charge on any atom is -0.478 e. The number of carboxylic acids is 1. The maximum absolute atomic E-state index is 12.9. The second-order valence-corrected chi connectivity index (χ2v) is 4.40. The van der Waals surface area contributed by atoms with Crippen molar-refractivity contribution < 1.29 is 23.8 Å². The van der Waals surface area contributed by atoms with Crippen LogP contribution in [0, 0.1) is 0 Å². The molecule has 0 aliphatic carbocycles. The summed E-state index contributed by atoms with van der Waals surface area (Å²) in [6.45, 7) is -2.10. The Kier molecular flexibility index (Phi) is 4.92. The van der Waals surface area contributed by atoms with Crippen LogP contribution < -0.4 is 5.32 Å². The van der Waals surface area contributed by atoms with E-state index in [-0.39, 0.29) is 11.3 Å². The van der Waals surface area contributed by atoms with Crippen molar-refractivity contribution in [3.05, 3.63) is 23.8 Å². The molecule has 18 heavy (non-hydrogen) atoms. The number of aliphatic hydroxyl groups is 1. The second kappa shape index (κ2) is 6.01. The van der Waals surface area contributed by atoms with Gasteiger partial charge in [-0.2, -0.15) is 0 Å². The first-order chi connectivity index (χ1) is 8.41. The van der Waals surface area contributed by atoms with Gasteiger partial charge in [0.05, 0.1) is 17.8 Å². The fraction of sp³-hybridized carbons (Fsp3) is 0.364. The Labute approximate surface area is 107 Å². The molecule has 0 spiro atoms. The first-order valence-corrected chi connectivity index (χ1v) is 6.26. The molecule has 1 rings (SSSR count). The van der Waals surface area contributed by atoms with Crippen LogP contribution in [0.5, 0.6) is 0 Å². The molecule has 0 amide bonds. The Morgan fingerprint density at radius 1 is 1.50 bits per heavy atom. The molecule has 0 heterocycles. The van der Waals surface area contributed by atoms with Gasteiger partial charge in [0.15, 0.2) is 0 Å². The van der Waals surface area contributed by atoms with Crippen LogP contribution in [0.3, 0.4) is 0 Å². The molecular weight excluding hydrogens is 264 g/mol. The largest absolute Gasteiger partial charge is 0.478 e. The van der Waals surface area contributed by atoms with Gasteiger partial charge < -0.3 is 15.5 Å². The third-order valence-electron chi connectivity index (χ3n) is 2.23. The van der Waals surface area contributed by atoms with Crippen LogP contribution in [0.1, 0.15) is 10.4 Å². The van der Waals surface area contributed by atoms with E-state index in [0.29, 0.717) is 4.90 Å². The summed E-state index contributed by atoms with van der Waals surface area (Å²) in [6.07, 6.45) is 1.70. The number of hydrogen-bond donors (Lipinski definition) is 3. The molecule has 1 aromatic carbocycles. The second-order valence-electron chi connectivity index (χ2n) is 3.56. The van der Waals surface area contributed by atoms with Crippen LogP contribution in [0.15, 0.2) is 23.1 Å². The van der Waals surface area contributed by atoms with Gasteiger partial charge in [0.25, 0.3) is 5.92 Å². The van der Waals surface area contributed by atoms with E-state index < -0.39 is 25.0 Å². The van der Waals surface area contributed by atoms with Gasteiger partial charge in [0.1, 0.15) is 6.61 Å². The summed E-state index contributed by atoms with van der Waals surface area (Å²) in [4.78, 5) is 11.6. The molecule has 0 aliphatic rings. The first-order valence-electron chi connectivity index (χ1n) is 5.04. The lowest BCUT2D eigenvalue weighted by Crippen LogP contribution is -2.31. The van der Waals surface area contributed by atoms with E-state index in [9.17, 15) is 13.6 Å². The number of halogens is 2. The molecule has 0 bridgehead atoms. The molecule has 1 aromatic rings. The average Bonchev–Trinajstić information content (AvgIpc) is 2.35. The number of benzene rings is 1. The molecule has 0 aromatic heterocycles. The van der Waals surface area contributed by atoms with Crippen molar-refractivity contribution in [3.63, 3.8) is 0 Å². The maximum atomic E-state index is 12.9. The van der Waals surface area contributed by atoms with E-state index in [1.165, 1.54) is 17.8 Å². The van der Waals surface area contributed by atoms with Gasteiger partial charge in [0, 0.05) is 4.90 Å². The molecule has 0 aliphatic heterocycles. The molecule has 0 saturated heterocycles. The molecular formula is C11H13F2NO3S. The normalized spacial score (nSPS) is 11.3. The van der Waals surface area contributed by atoms with Crippen molar-refractivity contribution in [1.82, 2.24) is 0 Å². The van der Waals surface area contributed by atoms with Gasteiger partial charge in [-0.25, -0.2) is 13.6 Å². The van der Waals surface area contributed by atoms with Crippen LogP contribution in [0.2, 0.25) is 0 Å². The van der Waals surface area contributed by atoms with E-state index >= 15 is 0 Å². The number of carbonyl (C=O) groups is 1. The van der Waals surface area contributed by atoms with Crippen LogP contribution >= 0.6 is 11.8 Å². The van der Waals surface area contributed by atoms with Gasteiger partial charge in [-0.05, 0) is 18.4 Å². The Morgan fingerprint density at radius 2 is 2.17 bits per heavy atom. The van der Waals surface area contributed by atoms with Crippen molar-refractivity contribution in [1.29, 1.82) is 0 Å². The highest BCUT2D eigenvalue weighted by atomic mass is 32.2. The summed E-state index contributed by atoms with van der Waals surface area (Å²) >= 11 is 1.22. The van der Waals surface area contributed by atoms with E-state index in [2.05, 4.69) is 5.32 Å². The van der Waals surface area contributed by atoms with Crippen molar-refractivity contribution in [3.8, 4) is 0 Å². The SMILES string of the molecule is CSc1cccc(NCC(F)(F)CO)c1C(=O)O. The number of anilines is 1. The monoisotopic (exact) mass is 277 g/mol. The summed E-state index contributed by atoms with van der Waals surface area (Å²) in [6, 6.07) is 4.60. The van der Waals surface area contributed by atoms with Crippen molar-refractivity contribution >= 4 is 23.4 Å². The van der Waals surface area contributed by atoms with E-state index in [4.69, 9.17) is 10.2 Å². The molecule has 100 valence electrons. The van der Waals surface area contributed by atoms with Crippen molar-refractivity contribution in [2.24, 2.45) is 0 Å². The fourth-order valence-corrected chi connectivity index (χ4v) is 1.97. The Balaban J connectivity index is 2.99. The van der Waals surface area contributed by atoms with Crippen molar-refractivity contribution in [2.45, 2.75) is 10.8 Å². The van der Waals surface area contributed by atoms with Gasteiger partial charge >= 0.3 is 5.97 Å². The van der Waals surface area contributed by atoms with Crippen LogP contribution in [-0.2, 0) is 0 Å². The lowest BCUT2D eigenvalue weighted by molar-refractivity contribution is -0.0373. The number of thioether (sulfide) groups is 1. The fourth-order valence-electron chi connectivity index (χ4n) is 1.35. The Hall–Kier alpha value is -1.34. The van der Waals surface area contributed by atoms with Crippen LogP contribution in [0.4, 0.5) is 14.5 Å². The van der Waals surface area contributed by atoms with E-state index in [0.717, 1.165) is 0 Å².